The van der Waals surface area contributed by atoms with Crippen molar-refractivity contribution in [3.8, 4) is 0 Å². The molecule has 1 heterocycles. The molecule has 0 atom stereocenters. The molecule has 0 amide bonds. The molecule has 0 bridgehead atoms. The molecular weight excluding hydrogens is 222 g/mol. The van der Waals surface area contributed by atoms with Crippen molar-refractivity contribution in [2.45, 2.75) is 26.2 Å². The second kappa shape index (κ2) is 6.17. The second-order valence-corrected chi connectivity index (χ2v) is 5.29. The number of benzene rings is 1. The molecule has 0 saturated heterocycles. The van der Waals surface area contributed by atoms with Crippen molar-refractivity contribution in [2.75, 3.05) is 26.2 Å². The molecule has 1 aliphatic rings. The van der Waals surface area contributed by atoms with Gasteiger partial charge >= 0.3 is 0 Å². The van der Waals surface area contributed by atoms with Gasteiger partial charge in [-0.25, -0.2) is 0 Å². The molecular formula is C16H23NO. The van der Waals surface area contributed by atoms with Crippen LogP contribution in [0.4, 0.5) is 0 Å². The molecule has 98 valence electrons. The lowest BCUT2D eigenvalue weighted by Crippen LogP contribution is -2.31. The fourth-order valence-electron chi connectivity index (χ4n) is 2.43. The Morgan fingerprint density at radius 2 is 1.94 bits per heavy atom. The number of hydrogen-bond acceptors (Lipinski definition) is 2. The Morgan fingerprint density at radius 1 is 1.22 bits per heavy atom. The van der Waals surface area contributed by atoms with Gasteiger partial charge in [0.25, 0.3) is 0 Å². The minimum absolute atomic E-state index is 0.250. The van der Waals surface area contributed by atoms with Crippen LogP contribution in [0.2, 0.25) is 0 Å². The van der Waals surface area contributed by atoms with Crippen LogP contribution in [-0.2, 0) is 0 Å². The maximum absolute atomic E-state index is 9.01. The van der Waals surface area contributed by atoms with Crippen LogP contribution >= 0.6 is 0 Å². The van der Waals surface area contributed by atoms with Gasteiger partial charge in [0, 0.05) is 19.6 Å². The summed E-state index contributed by atoms with van der Waals surface area (Å²) < 4.78 is 0. The van der Waals surface area contributed by atoms with Crippen LogP contribution in [0.25, 0.3) is 5.57 Å². The van der Waals surface area contributed by atoms with Crippen molar-refractivity contribution in [3.63, 3.8) is 0 Å². The summed E-state index contributed by atoms with van der Waals surface area (Å²) in [5.74, 6) is 0.588. The SMILES string of the molecule is CC(C)c1ccc(C2=CCCN(CCO)C2)cc1. The highest BCUT2D eigenvalue weighted by Crippen LogP contribution is 2.23. The molecule has 0 unspecified atom stereocenters. The zero-order chi connectivity index (χ0) is 13.0. The van der Waals surface area contributed by atoms with Crippen molar-refractivity contribution in [1.29, 1.82) is 0 Å². The van der Waals surface area contributed by atoms with Gasteiger partial charge in [-0.3, -0.25) is 4.90 Å². The summed E-state index contributed by atoms with van der Waals surface area (Å²) in [5.41, 5.74) is 4.11. The Labute approximate surface area is 110 Å². The minimum atomic E-state index is 0.250. The standard InChI is InChI=1S/C16H23NO/c1-13(2)14-5-7-15(8-6-14)16-4-3-9-17(12-16)10-11-18/h4-8,13,18H,3,9-12H2,1-2H3. The van der Waals surface area contributed by atoms with Gasteiger partial charge in [0.2, 0.25) is 0 Å². The normalized spacial score (nSPS) is 17.0. The number of hydrogen-bond donors (Lipinski definition) is 1. The van der Waals surface area contributed by atoms with Gasteiger partial charge in [-0.15, -0.1) is 0 Å². The molecule has 1 aliphatic heterocycles. The molecule has 0 aromatic heterocycles. The first-order chi connectivity index (χ1) is 8.70. The molecule has 18 heavy (non-hydrogen) atoms. The molecule has 1 aromatic rings. The van der Waals surface area contributed by atoms with E-state index in [0.717, 1.165) is 26.1 Å². The number of rotatable bonds is 4. The number of aliphatic hydroxyl groups is 1. The van der Waals surface area contributed by atoms with Gasteiger partial charge in [0.1, 0.15) is 0 Å². The lowest BCUT2D eigenvalue weighted by Gasteiger charge is -2.26. The number of nitrogens with zero attached hydrogens (tertiary/aromatic N) is 1. The Morgan fingerprint density at radius 3 is 2.56 bits per heavy atom. The predicted octanol–water partition coefficient (Wildman–Crippen LogP) is 2.89. The van der Waals surface area contributed by atoms with Crippen LogP contribution in [0.15, 0.2) is 30.3 Å². The van der Waals surface area contributed by atoms with E-state index in [0.29, 0.717) is 5.92 Å². The smallest absolute Gasteiger partial charge is 0.0558 e. The maximum Gasteiger partial charge on any atom is 0.0558 e. The summed E-state index contributed by atoms with van der Waals surface area (Å²) in [6.45, 7) is 7.49. The van der Waals surface area contributed by atoms with E-state index >= 15 is 0 Å². The fourth-order valence-corrected chi connectivity index (χ4v) is 2.43. The molecule has 1 aromatic carbocycles. The van der Waals surface area contributed by atoms with Gasteiger partial charge in [0.15, 0.2) is 0 Å². The largest absolute Gasteiger partial charge is 0.395 e. The second-order valence-electron chi connectivity index (χ2n) is 5.29. The lowest BCUT2D eigenvalue weighted by molar-refractivity contribution is 0.209. The predicted molar refractivity (Wildman–Crippen MR) is 76.7 cm³/mol. The van der Waals surface area contributed by atoms with Crippen LogP contribution in [0.3, 0.4) is 0 Å². The van der Waals surface area contributed by atoms with Crippen LogP contribution < -0.4 is 0 Å². The molecule has 0 spiro atoms. The van der Waals surface area contributed by atoms with Gasteiger partial charge in [0.05, 0.1) is 6.61 Å². The third-order valence-corrected chi connectivity index (χ3v) is 3.59. The number of aliphatic hydroxyl groups excluding tert-OH is 1. The zero-order valence-electron chi connectivity index (χ0n) is 11.4. The first-order valence-electron chi connectivity index (χ1n) is 6.83. The third kappa shape index (κ3) is 3.21. The molecule has 0 aliphatic carbocycles. The fraction of sp³-hybridized carbons (Fsp3) is 0.500. The zero-order valence-corrected chi connectivity index (χ0v) is 11.4. The first kappa shape index (κ1) is 13.3. The topological polar surface area (TPSA) is 23.5 Å². The molecule has 1 N–H and O–H groups in total. The van der Waals surface area contributed by atoms with Gasteiger partial charge in [-0.2, -0.15) is 0 Å². The van der Waals surface area contributed by atoms with Crippen molar-refractivity contribution >= 4 is 5.57 Å². The summed E-state index contributed by atoms with van der Waals surface area (Å²) in [6, 6.07) is 8.91. The lowest BCUT2D eigenvalue weighted by atomic mass is 9.97. The maximum atomic E-state index is 9.01. The highest BCUT2D eigenvalue weighted by molar-refractivity contribution is 5.67. The van der Waals surface area contributed by atoms with E-state index in [9.17, 15) is 0 Å². The highest BCUT2D eigenvalue weighted by atomic mass is 16.3. The van der Waals surface area contributed by atoms with Gasteiger partial charge in [-0.1, -0.05) is 44.2 Å². The average Bonchev–Trinajstić information content (AvgIpc) is 2.39. The summed E-state index contributed by atoms with van der Waals surface area (Å²) in [7, 11) is 0. The Kier molecular flexibility index (Phi) is 4.56. The van der Waals surface area contributed by atoms with Crippen molar-refractivity contribution in [1.82, 2.24) is 4.90 Å². The van der Waals surface area contributed by atoms with Gasteiger partial charge in [-0.05, 0) is 29.0 Å². The summed E-state index contributed by atoms with van der Waals surface area (Å²) in [5, 5.41) is 9.01. The molecule has 0 saturated carbocycles. The molecule has 2 nitrogen and oxygen atoms in total. The van der Waals surface area contributed by atoms with Crippen molar-refractivity contribution in [2.24, 2.45) is 0 Å². The minimum Gasteiger partial charge on any atom is -0.395 e. The molecule has 0 radical (unpaired) electrons. The van der Waals surface area contributed by atoms with E-state index in [2.05, 4.69) is 49.1 Å². The van der Waals surface area contributed by atoms with E-state index in [1.165, 1.54) is 16.7 Å². The number of β-amino-alcohol motifs (C(OH)–C–C–N with tert-alkyl or cyclic N) is 1. The van der Waals surface area contributed by atoms with E-state index in [1.807, 2.05) is 0 Å². The summed E-state index contributed by atoms with van der Waals surface area (Å²) in [4.78, 5) is 2.31. The Bertz CT molecular complexity index is 406. The van der Waals surface area contributed by atoms with Crippen LogP contribution in [-0.4, -0.2) is 36.2 Å². The van der Waals surface area contributed by atoms with Gasteiger partial charge < -0.3 is 5.11 Å². The van der Waals surface area contributed by atoms with E-state index in [4.69, 9.17) is 5.11 Å². The van der Waals surface area contributed by atoms with E-state index < -0.39 is 0 Å². The highest BCUT2D eigenvalue weighted by Gasteiger charge is 2.13. The van der Waals surface area contributed by atoms with Crippen molar-refractivity contribution < 1.29 is 5.11 Å². The summed E-state index contributed by atoms with van der Waals surface area (Å²) >= 11 is 0. The Balaban J connectivity index is 2.09. The monoisotopic (exact) mass is 245 g/mol. The summed E-state index contributed by atoms with van der Waals surface area (Å²) in [6.07, 6.45) is 3.42. The van der Waals surface area contributed by atoms with E-state index in [-0.39, 0.29) is 6.61 Å². The molecule has 2 heteroatoms. The molecule has 0 fully saturated rings. The van der Waals surface area contributed by atoms with E-state index in [1.54, 1.807) is 0 Å². The third-order valence-electron chi connectivity index (χ3n) is 3.59. The first-order valence-corrected chi connectivity index (χ1v) is 6.83. The van der Waals surface area contributed by atoms with Crippen LogP contribution in [0, 0.1) is 0 Å². The van der Waals surface area contributed by atoms with Crippen molar-refractivity contribution in [3.05, 3.63) is 41.5 Å². The quantitative estimate of drug-likeness (QED) is 0.881. The van der Waals surface area contributed by atoms with Crippen LogP contribution in [0.5, 0.6) is 0 Å². The Hall–Kier alpha value is -1.12. The molecule has 2 rings (SSSR count). The average molecular weight is 245 g/mol. The van der Waals surface area contributed by atoms with Crippen LogP contribution in [0.1, 0.15) is 37.3 Å².